The van der Waals surface area contributed by atoms with Crippen LogP contribution in [0.4, 0.5) is 0 Å². The van der Waals surface area contributed by atoms with E-state index in [2.05, 4.69) is 63.3 Å². The second kappa shape index (κ2) is 8.99. The van der Waals surface area contributed by atoms with Crippen LogP contribution >= 0.6 is 0 Å². The highest BCUT2D eigenvalue weighted by Crippen LogP contribution is 2.60. The zero-order chi connectivity index (χ0) is 23.1. The van der Waals surface area contributed by atoms with Gasteiger partial charge in [0.25, 0.3) is 0 Å². The Hall–Kier alpha value is -2.40. The molecule has 0 N–H and O–H groups in total. The van der Waals surface area contributed by atoms with Gasteiger partial charge in [0.05, 0.1) is 0 Å². The molecule has 2 saturated carbocycles. The van der Waals surface area contributed by atoms with Crippen LogP contribution in [0.5, 0.6) is 0 Å². The lowest BCUT2D eigenvalue weighted by Gasteiger charge is -2.37. The molecule has 2 amide bonds. The van der Waals surface area contributed by atoms with Crippen molar-refractivity contribution < 1.29 is 9.59 Å². The number of carbonyl (C=O) groups excluding carboxylic acids is 2. The van der Waals surface area contributed by atoms with Gasteiger partial charge < -0.3 is 9.80 Å². The Morgan fingerprint density at radius 2 is 1.62 bits per heavy atom. The SMILES string of the molecule is O=C(C1CC12CCN(C(=O)[C@H]1C[C@@H]3C=C[C@H]1C3)CC2)N1CCN(C/C=C/c2ccccc2)CC1. The standard InChI is InChI=1S/C29H37N3O2/c33-27(25-20-23-8-9-24(25)19-23)31-13-10-29(11-14-31)21-26(29)28(34)32-17-15-30(16-18-32)12-4-7-22-5-2-1-3-6-22/h1-9,23-26H,10-21H2/b7-4+/t23-,24+,25+,26?/m1/s1. The number of nitrogens with zero attached hydrogens (tertiary/aromatic N) is 3. The fourth-order valence-corrected chi connectivity index (χ4v) is 6.99. The van der Waals surface area contributed by atoms with Crippen molar-refractivity contribution in [2.24, 2.45) is 29.1 Å². The van der Waals surface area contributed by atoms with Crippen LogP contribution < -0.4 is 0 Å². The highest BCUT2D eigenvalue weighted by Gasteiger charge is 2.60. The number of likely N-dealkylation sites (tertiary alicyclic amines) is 1. The van der Waals surface area contributed by atoms with Crippen molar-refractivity contribution in [3.63, 3.8) is 0 Å². The summed E-state index contributed by atoms with van der Waals surface area (Å²) in [4.78, 5) is 33.0. The van der Waals surface area contributed by atoms with Gasteiger partial charge in [-0.05, 0) is 54.9 Å². The van der Waals surface area contributed by atoms with E-state index in [1.165, 1.54) is 12.0 Å². The number of rotatable bonds is 5. The van der Waals surface area contributed by atoms with Gasteiger partial charge in [0.15, 0.2) is 0 Å². The fourth-order valence-electron chi connectivity index (χ4n) is 6.99. The summed E-state index contributed by atoms with van der Waals surface area (Å²) in [7, 11) is 0. The van der Waals surface area contributed by atoms with Crippen molar-refractivity contribution >= 4 is 17.9 Å². The summed E-state index contributed by atoms with van der Waals surface area (Å²) < 4.78 is 0. The maximum atomic E-state index is 13.3. The quantitative estimate of drug-likeness (QED) is 0.631. The first-order valence-corrected chi connectivity index (χ1v) is 13.3. The van der Waals surface area contributed by atoms with Crippen LogP contribution in [0.15, 0.2) is 48.6 Å². The van der Waals surface area contributed by atoms with Gasteiger partial charge in [0.2, 0.25) is 11.8 Å². The molecule has 0 aromatic heterocycles. The van der Waals surface area contributed by atoms with Crippen LogP contribution in [0, 0.1) is 29.1 Å². The predicted molar refractivity (Wildman–Crippen MR) is 134 cm³/mol. The molecule has 4 fully saturated rings. The van der Waals surface area contributed by atoms with Gasteiger partial charge in [0, 0.05) is 57.6 Å². The average molecular weight is 460 g/mol. The van der Waals surface area contributed by atoms with Gasteiger partial charge in [-0.2, -0.15) is 0 Å². The van der Waals surface area contributed by atoms with Crippen molar-refractivity contribution in [1.29, 1.82) is 0 Å². The molecule has 2 bridgehead atoms. The number of amides is 2. The van der Waals surface area contributed by atoms with Crippen LogP contribution in [0.25, 0.3) is 6.08 Å². The maximum absolute atomic E-state index is 13.3. The first-order chi connectivity index (χ1) is 16.6. The second-order valence-corrected chi connectivity index (χ2v) is 11.3. The van der Waals surface area contributed by atoms with Gasteiger partial charge in [-0.15, -0.1) is 0 Å². The number of allylic oxidation sites excluding steroid dienone is 2. The summed E-state index contributed by atoms with van der Waals surface area (Å²) in [5.41, 5.74) is 1.41. The third-order valence-corrected chi connectivity index (χ3v) is 9.31. The third-order valence-electron chi connectivity index (χ3n) is 9.31. The first kappa shape index (κ1) is 22.1. The minimum absolute atomic E-state index is 0.179. The molecule has 4 atom stereocenters. The number of piperazine rings is 1. The molecule has 34 heavy (non-hydrogen) atoms. The lowest BCUT2D eigenvalue weighted by atomic mass is 9.87. The minimum atomic E-state index is 0.179. The highest BCUT2D eigenvalue weighted by molar-refractivity contribution is 5.83. The van der Waals surface area contributed by atoms with Crippen molar-refractivity contribution in [2.75, 3.05) is 45.8 Å². The molecular formula is C29H37N3O2. The van der Waals surface area contributed by atoms with Crippen molar-refractivity contribution in [3.8, 4) is 0 Å². The molecule has 180 valence electrons. The largest absolute Gasteiger partial charge is 0.342 e. The first-order valence-electron chi connectivity index (χ1n) is 13.3. The highest BCUT2D eigenvalue weighted by atomic mass is 16.2. The smallest absolute Gasteiger partial charge is 0.226 e. The van der Waals surface area contributed by atoms with Gasteiger partial charge in [-0.1, -0.05) is 54.6 Å². The van der Waals surface area contributed by atoms with E-state index in [0.717, 1.165) is 71.5 Å². The van der Waals surface area contributed by atoms with E-state index >= 15 is 0 Å². The Labute approximate surface area is 203 Å². The third kappa shape index (κ3) is 4.24. The van der Waals surface area contributed by atoms with Crippen molar-refractivity contribution in [2.45, 2.75) is 32.1 Å². The molecule has 2 saturated heterocycles. The molecule has 0 radical (unpaired) electrons. The van der Waals surface area contributed by atoms with E-state index in [1.54, 1.807) is 0 Å². The molecule has 6 rings (SSSR count). The van der Waals surface area contributed by atoms with Gasteiger partial charge in [0.1, 0.15) is 0 Å². The van der Waals surface area contributed by atoms with E-state index in [0.29, 0.717) is 23.7 Å². The van der Waals surface area contributed by atoms with Crippen LogP contribution in [0.2, 0.25) is 0 Å². The average Bonchev–Trinajstić information content (AvgIpc) is 3.19. The molecule has 5 heteroatoms. The van der Waals surface area contributed by atoms with E-state index in [9.17, 15) is 9.59 Å². The number of hydrogen-bond acceptors (Lipinski definition) is 3. The Morgan fingerprint density at radius 1 is 0.882 bits per heavy atom. The van der Waals surface area contributed by atoms with E-state index in [1.807, 2.05) is 6.07 Å². The summed E-state index contributed by atoms with van der Waals surface area (Å²) in [6, 6.07) is 10.4. The Morgan fingerprint density at radius 3 is 2.29 bits per heavy atom. The van der Waals surface area contributed by atoms with Gasteiger partial charge in [-0.25, -0.2) is 0 Å². The minimum Gasteiger partial charge on any atom is -0.342 e. The Balaban J connectivity index is 0.946. The number of fused-ring (bicyclic) bond motifs is 2. The summed E-state index contributed by atoms with van der Waals surface area (Å²) in [5, 5.41) is 0. The Bertz CT molecular complexity index is 970. The van der Waals surface area contributed by atoms with E-state index in [-0.39, 0.29) is 17.3 Å². The summed E-state index contributed by atoms with van der Waals surface area (Å²) >= 11 is 0. The molecule has 2 heterocycles. The second-order valence-electron chi connectivity index (χ2n) is 11.3. The molecule has 1 unspecified atom stereocenters. The zero-order valence-electron chi connectivity index (χ0n) is 20.1. The molecule has 3 aliphatic carbocycles. The number of carbonyl (C=O) groups is 2. The number of piperidine rings is 1. The maximum Gasteiger partial charge on any atom is 0.226 e. The molecule has 1 spiro atoms. The molecule has 5 nitrogen and oxygen atoms in total. The lowest BCUT2D eigenvalue weighted by molar-refractivity contribution is -0.138. The predicted octanol–water partition coefficient (Wildman–Crippen LogP) is 3.68. The van der Waals surface area contributed by atoms with E-state index in [4.69, 9.17) is 0 Å². The van der Waals surface area contributed by atoms with Gasteiger partial charge >= 0.3 is 0 Å². The molecule has 1 aromatic carbocycles. The normalized spacial score (nSPS) is 32.1. The van der Waals surface area contributed by atoms with Crippen LogP contribution in [-0.4, -0.2) is 72.3 Å². The fraction of sp³-hybridized carbons (Fsp3) is 0.586. The topological polar surface area (TPSA) is 43.9 Å². The van der Waals surface area contributed by atoms with Crippen LogP contribution in [-0.2, 0) is 9.59 Å². The van der Waals surface area contributed by atoms with Crippen LogP contribution in [0.3, 0.4) is 0 Å². The molecule has 5 aliphatic rings. The van der Waals surface area contributed by atoms with Crippen molar-refractivity contribution in [1.82, 2.24) is 14.7 Å². The molecule has 2 aliphatic heterocycles. The summed E-state index contributed by atoms with van der Waals surface area (Å²) in [5.74, 6) is 2.29. The molecule has 1 aromatic rings. The van der Waals surface area contributed by atoms with E-state index < -0.39 is 0 Å². The van der Waals surface area contributed by atoms with Crippen LogP contribution in [0.1, 0.15) is 37.7 Å². The number of benzene rings is 1. The zero-order valence-corrected chi connectivity index (χ0v) is 20.1. The van der Waals surface area contributed by atoms with Crippen molar-refractivity contribution in [3.05, 3.63) is 54.1 Å². The lowest BCUT2D eigenvalue weighted by Crippen LogP contribution is -2.50. The van der Waals surface area contributed by atoms with Gasteiger partial charge in [-0.3, -0.25) is 14.5 Å². The molecular weight excluding hydrogens is 422 g/mol. The summed E-state index contributed by atoms with van der Waals surface area (Å²) in [6.45, 7) is 6.21. The monoisotopic (exact) mass is 459 g/mol. The number of hydrogen-bond donors (Lipinski definition) is 0. The summed E-state index contributed by atoms with van der Waals surface area (Å²) in [6.07, 6.45) is 14.3. The Kier molecular flexibility index (Phi) is 5.84.